The lowest BCUT2D eigenvalue weighted by atomic mass is 10.00. The molecule has 1 heterocycles. The van der Waals surface area contributed by atoms with Gasteiger partial charge < -0.3 is 4.90 Å². The third kappa shape index (κ3) is 3.93. The van der Waals surface area contributed by atoms with Gasteiger partial charge >= 0.3 is 0 Å². The fraction of sp³-hybridized carbons (Fsp3) is 0.438. The number of nitrogens with zero attached hydrogens (tertiary/aromatic N) is 1. The van der Waals surface area contributed by atoms with Crippen molar-refractivity contribution in [2.45, 2.75) is 38.6 Å². The molecule has 2 nitrogen and oxygen atoms in total. The number of rotatable bonds is 3. The van der Waals surface area contributed by atoms with E-state index in [-0.39, 0.29) is 5.91 Å². The summed E-state index contributed by atoms with van der Waals surface area (Å²) in [6, 6.07) is 8.40. The quantitative estimate of drug-likeness (QED) is 0.762. The number of carbonyl (C=O) groups excluding carboxylic acids is 1. The van der Waals surface area contributed by atoms with Crippen molar-refractivity contribution < 1.29 is 4.79 Å². The van der Waals surface area contributed by atoms with E-state index in [9.17, 15) is 4.79 Å². The van der Waals surface area contributed by atoms with Crippen molar-refractivity contribution in [3.63, 3.8) is 0 Å². The first-order valence-corrected chi connectivity index (χ1v) is 7.74. The lowest BCUT2D eigenvalue weighted by Crippen LogP contribution is -2.42. The number of benzene rings is 1. The summed E-state index contributed by atoms with van der Waals surface area (Å²) in [4.78, 5) is 14.3. The number of carbonyl (C=O) groups is 1. The van der Waals surface area contributed by atoms with E-state index in [2.05, 4.69) is 22.9 Å². The first kappa shape index (κ1) is 14.3. The van der Waals surface area contributed by atoms with Crippen LogP contribution in [-0.4, -0.2) is 23.4 Å². The maximum absolute atomic E-state index is 12.2. The maximum atomic E-state index is 12.2. The maximum Gasteiger partial charge on any atom is 0.246 e. The fourth-order valence-electron chi connectivity index (χ4n) is 2.55. The van der Waals surface area contributed by atoms with Gasteiger partial charge in [0.1, 0.15) is 0 Å². The number of piperidine rings is 1. The summed E-state index contributed by atoms with van der Waals surface area (Å²) >= 11 is 3.41. The van der Waals surface area contributed by atoms with Crippen molar-refractivity contribution in [2.24, 2.45) is 0 Å². The van der Waals surface area contributed by atoms with Crippen LogP contribution in [0.25, 0.3) is 6.08 Å². The molecule has 0 spiro atoms. The summed E-state index contributed by atoms with van der Waals surface area (Å²) in [6.07, 6.45) is 8.19. The van der Waals surface area contributed by atoms with Crippen molar-refractivity contribution >= 4 is 27.9 Å². The van der Waals surface area contributed by atoms with Gasteiger partial charge in [0.05, 0.1) is 0 Å². The van der Waals surface area contributed by atoms with Crippen LogP contribution in [-0.2, 0) is 4.79 Å². The normalized spacial score (nSPS) is 19.9. The topological polar surface area (TPSA) is 20.3 Å². The molecule has 0 unspecified atom stereocenters. The molecule has 0 saturated carbocycles. The Labute approximate surface area is 123 Å². The summed E-state index contributed by atoms with van der Waals surface area (Å²) in [6.45, 7) is 3.07. The number of amides is 1. The summed E-state index contributed by atoms with van der Waals surface area (Å²) in [7, 11) is 0. The number of likely N-dealkylation sites (tertiary alicyclic amines) is 1. The number of hydrogen-bond donors (Lipinski definition) is 0. The molecule has 2 rings (SSSR count). The van der Waals surface area contributed by atoms with E-state index in [4.69, 9.17) is 0 Å². The van der Waals surface area contributed by atoms with Gasteiger partial charge in [-0.2, -0.15) is 0 Å². The second kappa shape index (κ2) is 6.90. The summed E-state index contributed by atoms with van der Waals surface area (Å²) in [5, 5.41) is 0. The molecule has 0 N–H and O–H groups in total. The average molecular weight is 322 g/mol. The first-order valence-electron chi connectivity index (χ1n) is 6.95. The van der Waals surface area contributed by atoms with Gasteiger partial charge in [0.2, 0.25) is 5.91 Å². The van der Waals surface area contributed by atoms with Gasteiger partial charge in [0.15, 0.2) is 0 Å². The first-order chi connectivity index (χ1) is 9.20. The van der Waals surface area contributed by atoms with Crippen molar-refractivity contribution in [2.75, 3.05) is 6.54 Å². The second-order valence-corrected chi connectivity index (χ2v) is 5.89. The Hall–Kier alpha value is -1.09. The van der Waals surface area contributed by atoms with E-state index in [1.54, 1.807) is 6.08 Å². The lowest BCUT2D eigenvalue weighted by molar-refractivity contribution is -0.129. The van der Waals surface area contributed by atoms with Crippen molar-refractivity contribution in [1.82, 2.24) is 4.90 Å². The molecule has 102 valence electrons. The zero-order valence-electron chi connectivity index (χ0n) is 11.3. The highest BCUT2D eigenvalue weighted by atomic mass is 79.9. The monoisotopic (exact) mass is 321 g/mol. The molecule has 0 aliphatic carbocycles. The smallest absolute Gasteiger partial charge is 0.246 e. The van der Waals surface area contributed by atoms with Gasteiger partial charge in [0.25, 0.3) is 0 Å². The SMILES string of the molecule is CC[C@@H]1CCCCN1C(=O)/C=C/c1ccc(Br)cc1. The highest BCUT2D eigenvalue weighted by molar-refractivity contribution is 9.10. The predicted molar refractivity (Wildman–Crippen MR) is 82.8 cm³/mol. The molecule has 1 aliphatic rings. The molecule has 1 aliphatic heterocycles. The van der Waals surface area contributed by atoms with Crippen LogP contribution < -0.4 is 0 Å². The third-order valence-electron chi connectivity index (χ3n) is 3.67. The van der Waals surface area contributed by atoms with Gasteiger partial charge in [0, 0.05) is 23.1 Å². The minimum atomic E-state index is 0.148. The molecule has 0 aromatic heterocycles. The van der Waals surface area contributed by atoms with E-state index >= 15 is 0 Å². The van der Waals surface area contributed by atoms with Crippen LogP contribution in [0.15, 0.2) is 34.8 Å². The molecule has 0 radical (unpaired) electrons. The van der Waals surface area contributed by atoms with Crippen LogP contribution in [0.4, 0.5) is 0 Å². The minimum Gasteiger partial charge on any atom is -0.336 e. The Morgan fingerprint density at radius 1 is 1.37 bits per heavy atom. The van der Waals surface area contributed by atoms with Crippen LogP contribution in [0.1, 0.15) is 38.2 Å². The lowest BCUT2D eigenvalue weighted by Gasteiger charge is -2.34. The fourth-order valence-corrected chi connectivity index (χ4v) is 2.82. The highest BCUT2D eigenvalue weighted by Gasteiger charge is 2.23. The predicted octanol–water partition coefficient (Wildman–Crippen LogP) is 4.25. The Morgan fingerprint density at radius 3 is 2.79 bits per heavy atom. The second-order valence-electron chi connectivity index (χ2n) is 4.97. The van der Waals surface area contributed by atoms with Crippen LogP contribution in [0.2, 0.25) is 0 Å². The van der Waals surface area contributed by atoms with Crippen LogP contribution in [0.3, 0.4) is 0 Å². The van der Waals surface area contributed by atoms with Crippen molar-refractivity contribution in [1.29, 1.82) is 0 Å². The Balaban J connectivity index is 2.01. The van der Waals surface area contributed by atoms with E-state index in [1.807, 2.05) is 35.2 Å². The molecule has 3 heteroatoms. The van der Waals surface area contributed by atoms with Gasteiger partial charge in [-0.05, 0) is 49.5 Å². The van der Waals surface area contributed by atoms with E-state index in [0.29, 0.717) is 6.04 Å². The zero-order chi connectivity index (χ0) is 13.7. The Kier molecular flexibility index (Phi) is 5.20. The van der Waals surface area contributed by atoms with Crippen LogP contribution in [0, 0.1) is 0 Å². The molecule has 19 heavy (non-hydrogen) atoms. The van der Waals surface area contributed by atoms with Crippen LogP contribution in [0.5, 0.6) is 0 Å². The minimum absolute atomic E-state index is 0.148. The number of hydrogen-bond acceptors (Lipinski definition) is 1. The molecule has 1 aromatic carbocycles. The van der Waals surface area contributed by atoms with Gasteiger partial charge in [-0.3, -0.25) is 4.79 Å². The highest BCUT2D eigenvalue weighted by Crippen LogP contribution is 2.20. The van der Waals surface area contributed by atoms with Gasteiger partial charge in [-0.15, -0.1) is 0 Å². The largest absolute Gasteiger partial charge is 0.336 e. The molecule has 1 fully saturated rings. The van der Waals surface area contributed by atoms with E-state index in [0.717, 1.165) is 35.8 Å². The van der Waals surface area contributed by atoms with Gasteiger partial charge in [-0.25, -0.2) is 0 Å². The van der Waals surface area contributed by atoms with E-state index < -0.39 is 0 Å². The summed E-state index contributed by atoms with van der Waals surface area (Å²) < 4.78 is 1.05. The molecule has 1 amide bonds. The van der Waals surface area contributed by atoms with Crippen molar-refractivity contribution in [3.8, 4) is 0 Å². The summed E-state index contributed by atoms with van der Waals surface area (Å²) in [5.74, 6) is 0.148. The molecular formula is C16H20BrNO. The van der Waals surface area contributed by atoms with E-state index in [1.165, 1.54) is 6.42 Å². The average Bonchev–Trinajstić information content (AvgIpc) is 2.46. The van der Waals surface area contributed by atoms with Gasteiger partial charge in [-0.1, -0.05) is 35.0 Å². The Morgan fingerprint density at radius 2 is 2.11 bits per heavy atom. The Bertz CT molecular complexity index is 452. The molecule has 0 bridgehead atoms. The molecule has 1 saturated heterocycles. The standard InChI is InChI=1S/C16H20BrNO/c1-2-15-5-3-4-12-18(15)16(19)11-8-13-6-9-14(17)10-7-13/h6-11,15H,2-5,12H2,1H3/b11-8+/t15-/m1/s1. The number of halogens is 1. The molecule has 1 aromatic rings. The molecule has 1 atom stereocenters. The third-order valence-corrected chi connectivity index (χ3v) is 4.20. The molecular weight excluding hydrogens is 302 g/mol. The zero-order valence-corrected chi connectivity index (χ0v) is 12.9. The summed E-state index contributed by atoms with van der Waals surface area (Å²) in [5.41, 5.74) is 1.06. The van der Waals surface area contributed by atoms with Crippen LogP contribution >= 0.6 is 15.9 Å². The van der Waals surface area contributed by atoms with Crippen molar-refractivity contribution in [3.05, 3.63) is 40.4 Å².